The number of carboxylic acid groups (broad SMARTS) is 1. The highest BCUT2D eigenvalue weighted by atomic mass is 16.4. The predicted molar refractivity (Wildman–Crippen MR) is 102 cm³/mol. The normalized spacial score (nSPS) is 10.6. The number of hydrogen-bond acceptors (Lipinski definition) is 4. The van der Waals surface area contributed by atoms with Gasteiger partial charge in [0.2, 0.25) is 5.91 Å². The number of rotatable bonds is 6. The minimum atomic E-state index is -1.08. The summed E-state index contributed by atoms with van der Waals surface area (Å²) >= 11 is 0. The van der Waals surface area contributed by atoms with Crippen molar-refractivity contribution in [1.82, 2.24) is 9.88 Å². The Morgan fingerprint density at radius 2 is 1.74 bits per heavy atom. The van der Waals surface area contributed by atoms with Gasteiger partial charge in [0.25, 0.3) is 5.91 Å². The fourth-order valence-corrected chi connectivity index (χ4v) is 2.66. The zero-order valence-corrected chi connectivity index (χ0v) is 15.8. The largest absolute Gasteiger partial charge is 0.478 e. The van der Waals surface area contributed by atoms with Crippen LogP contribution in [0.1, 0.15) is 52.9 Å². The highest BCUT2D eigenvalue weighted by Gasteiger charge is 2.15. The Hall–Kier alpha value is -3.22. The second-order valence-corrected chi connectivity index (χ2v) is 6.53. The van der Waals surface area contributed by atoms with E-state index >= 15 is 0 Å². The van der Waals surface area contributed by atoms with Gasteiger partial charge < -0.3 is 15.3 Å². The zero-order valence-electron chi connectivity index (χ0n) is 15.8. The van der Waals surface area contributed by atoms with Gasteiger partial charge in [-0.1, -0.05) is 12.1 Å². The number of aryl methyl sites for hydroxylation is 1. The van der Waals surface area contributed by atoms with Crippen LogP contribution in [-0.2, 0) is 11.3 Å². The van der Waals surface area contributed by atoms with Gasteiger partial charge in [-0.05, 0) is 50.6 Å². The number of nitrogens with one attached hydrogen (secondary N) is 1. The third-order valence-electron chi connectivity index (χ3n) is 4.14. The van der Waals surface area contributed by atoms with E-state index in [4.69, 9.17) is 5.11 Å². The molecule has 0 fully saturated rings. The van der Waals surface area contributed by atoms with Gasteiger partial charge in [0.05, 0.1) is 11.3 Å². The maximum atomic E-state index is 12.3. The lowest BCUT2D eigenvalue weighted by Crippen LogP contribution is -2.34. The molecule has 7 heteroatoms. The highest BCUT2D eigenvalue weighted by Crippen LogP contribution is 2.15. The number of hydrogen-bond donors (Lipinski definition) is 2. The van der Waals surface area contributed by atoms with Crippen molar-refractivity contribution in [3.05, 3.63) is 58.9 Å². The highest BCUT2D eigenvalue weighted by molar-refractivity contribution is 6.03. The molecule has 1 aromatic heterocycles. The van der Waals surface area contributed by atoms with Crippen molar-refractivity contribution in [3.8, 4) is 0 Å². The van der Waals surface area contributed by atoms with Crippen LogP contribution >= 0.6 is 0 Å². The minimum absolute atomic E-state index is 0.00799. The van der Waals surface area contributed by atoms with Crippen LogP contribution in [0.25, 0.3) is 0 Å². The summed E-state index contributed by atoms with van der Waals surface area (Å²) in [7, 11) is 0. The van der Waals surface area contributed by atoms with Crippen LogP contribution in [0.15, 0.2) is 36.4 Å². The van der Waals surface area contributed by atoms with Gasteiger partial charge >= 0.3 is 5.97 Å². The number of carboxylic acids is 1. The van der Waals surface area contributed by atoms with E-state index in [-0.39, 0.29) is 28.9 Å². The molecule has 0 spiro atoms. The lowest BCUT2D eigenvalue weighted by atomic mass is 10.1. The van der Waals surface area contributed by atoms with Crippen LogP contribution in [0.3, 0.4) is 0 Å². The molecule has 0 aliphatic rings. The Bertz CT molecular complexity index is 860. The van der Waals surface area contributed by atoms with Crippen molar-refractivity contribution in [2.45, 2.75) is 40.3 Å². The summed E-state index contributed by atoms with van der Waals surface area (Å²) in [5, 5.41) is 11.8. The Morgan fingerprint density at radius 1 is 1.11 bits per heavy atom. The van der Waals surface area contributed by atoms with Crippen molar-refractivity contribution >= 4 is 23.5 Å². The summed E-state index contributed by atoms with van der Waals surface area (Å²) < 4.78 is 0. The smallest absolute Gasteiger partial charge is 0.337 e. The average Bonchev–Trinajstić information content (AvgIpc) is 2.59. The molecule has 142 valence electrons. The molecule has 0 aliphatic carbocycles. The monoisotopic (exact) mass is 369 g/mol. The Labute approximate surface area is 158 Å². The van der Waals surface area contributed by atoms with Gasteiger partial charge in [0.15, 0.2) is 0 Å². The molecule has 27 heavy (non-hydrogen) atoms. The third kappa shape index (κ3) is 5.13. The summed E-state index contributed by atoms with van der Waals surface area (Å²) in [5.41, 5.74) is 2.03. The first-order chi connectivity index (χ1) is 12.7. The van der Waals surface area contributed by atoms with Gasteiger partial charge in [0, 0.05) is 25.2 Å². The van der Waals surface area contributed by atoms with Crippen LogP contribution in [0.5, 0.6) is 0 Å². The first-order valence-electron chi connectivity index (χ1n) is 8.57. The second-order valence-electron chi connectivity index (χ2n) is 6.53. The first kappa shape index (κ1) is 20.1. The fourth-order valence-electron chi connectivity index (χ4n) is 2.66. The summed E-state index contributed by atoms with van der Waals surface area (Å²) in [6.45, 7) is 7.50. The molecule has 1 heterocycles. The number of amides is 2. The van der Waals surface area contributed by atoms with Crippen LogP contribution in [0.2, 0.25) is 0 Å². The number of anilines is 1. The second kappa shape index (κ2) is 8.44. The molecule has 0 bridgehead atoms. The third-order valence-corrected chi connectivity index (χ3v) is 4.14. The number of carbonyl (C=O) groups is 3. The molecule has 1 aromatic carbocycles. The molecule has 2 N–H and O–H groups in total. The standard InChI is InChI=1S/C20H23N3O4/c1-12(2)23(14(4)24)11-15-5-7-16(8-6-15)22-19(25)18-10-9-17(20(26)27)13(3)21-18/h5-10,12H,11H2,1-4H3,(H,22,25)(H,26,27). The van der Waals surface area contributed by atoms with Crippen LogP contribution in [0, 0.1) is 6.92 Å². The molecule has 2 aromatic rings. The van der Waals surface area contributed by atoms with Gasteiger partial charge in [-0.15, -0.1) is 0 Å². The molecule has 0 radical (unpaired) electrons. The number of aromatic carboxylic acids is 1. The molecule has 0 atom stereocenters. The summed E-state index contributed by atoms with van der Waals surface area (Å²) in [6.07, 6.45) is 0. The Balaban J connectivity index is 2.08. The Kier molecular flexibility index (Phi) is 6.28. The predicted octanol–water partition coefficient (Wildman–Crippen LogP) is 3.10. The number of carbonyl (C=O) groups excluding carboxylic acids is 2. The van der Waals surface area contributed by atoms with E-state index in [0.29, 0.717) is 12.2 Å². The van der Waals surface area contributed by atoms with Gasteiger partial charge in [-0.3, -0.25) is 9.59 Å². The molecular formula is C20H23N3O4. The molecule has 0 saturated carbocycles. The van der Waals surface area contributed by atoms with Crippen molar-refractivity contribution in [3.63, 3.8) is 0 Å². The Morgan fingerprint density at radius 3 is 2.22 bits per heavy atom. The SMILES string of the molecule is CC(=O)N(Cc1ccc(NC(=O)c2ccc(C(=O)O)c(C)n2)cc1)C(C)C. The van der Waals surface area contributed by atoms with Crippen LogP contribution in [-0.4, -0.2) is 38.8 Å². The lowest BCUT2D eigenvalue weighted by Gasteiger charge is -2.25. The number of aromatic nitrogens is 1. The maximum Gasteiger partial charge on any atom is 0.337 e. The molecule has 7 nitrogen and oxygen atoms in total. The van der Waals surface area contributed by atoms with E-state index in [9.17, 15) is 14.4 Å². The quantitative estimate of drug-likeness (QED) is 0.815. The van der Waals surface area contributed by atoms with E-state index in [0.717, 1.165) is 5.56 Å². The fraction of sp³-hybridized carbons (Fsp3) is 0.300. The molecular weight excluding hydrogens is 346 g/mol. The van der Waals surface area contributed by atoms with E-state index in [2.05, 4.69) is 10.3 Å². The van der Waals surface area contributed by atoms with Gasteiger partial charge in [-0.2, -0.15) is 0 Å². The number of nitrogens with zero attached hydrogens (tertiary/aromatic N) is 2. The van der Waals surface area contributed by atoms with E-state index < -0.39 is 11.9 Å². The topological polar surface area (TPSA) is 99.6 Å². The van der Waals surface area contributed by atoms with Crippen molar-refractivity contribution < 1.29 is 19.5 Å². The summed E-state index contributed by atoms with van der Waals surface area (Å²) in [6, 6.07) is 10.1. The minimum Gasteiger partial charge on any atom is -0.478 e. The number of benzene rings is 1. The first-order valence-corrected chi connectivity index (χ1v) is 8.57. The summed E-state index contributed by atoms with van der Waals surface area (Å²) in [5.74, 6) is -1.49. The van der Waals surface area contributed by atoms with Crippen molar-refractivity contribution in [2.24, 2.45) is 0 Å². The van der Waals surface area contributed by atoms with Crippen LogP contribution < -0.4 is 5.32 Å². The molecule has 0 saturated heterocycles. The number of pyridine rings is 1. The lowest BCUT2D eigenvalue weighted by molar-refractivity contribution is -0.131. The zero-order chi connectivity index (χ0) is 20.1. The molecule has 2 rings (SSSR count). The van der Waals surface area contributed by atoms with E-state index in [1.165, 1.54) is 12.1 Å². The molecule has 0 unspecified atom stereocenters. The van der Waals surface area contributed by atoms with E-state index in [1.54, 1.807) is 30.9 Å². The molecule has 0 aliphatic heterocycles. The van der Waals surface area contributed by atoms with Gasteiger partial charge in [0.1, 0.15) is 5.69 Å². The van der Waals surface area contributed by atoms with Crippen molar-refractivity contribution in [2.75, 3.05) is 5.32 Å². The maximum absolute atomic E-state index is 12.3. The summed E-state index contributed by atoms with van der Waals surface area (Å²) in [4.78, 5) is 40.8. The molecule has 2 amide bonds. The van der Waals surface area contributed by atoms with Gasteiger partial charge in [-0.25, -0.2) is 9.78 Å². The average molecular weight is 369 g/mol. The van der Waals surface area contributed by atoms with Crippen molar-refractivity contribution in [1.29, 1.82) is 0 Å². The van der Waals surface area contributed by atoms with E-state index in [1.807, 2.05) is 26.0 Å². The van der Waals surface area contributed by atoms with Crippen LogP contribution in [0.4, 0.5) is 5.69 Å².